The van der Waals surface area contributed by atoms with Crippen LogP contribution in [0.15, 0.2) is 67.0 Å². The molecule has 11 heteroatoms. The number of aliphatic hydroxyl groups excluding tert-OH is 1. The molecular formula is C24H25Cl2FN2O6. The summed E-state index contributed by atoms with van der Waals surface area (Å²) in [5.74, 6) is -1.80. The van der Waals surface area contributed by atoms with Crippen LogP contribution >= 0.6 is 23.2 Å². The molecule has 0 aliphatic rings. The predicted molar refractivity (Wildman–Crippen MR) is 130 cm³/mol. The van der Waals surface area contributed by atoms with Gasteiger partial charge in [0.25, 0.3) is 5.91 Å². The maximum Gasteiger partial charge on any atom is 0.326 e. The zero-order valence-electron chi connectivity index (χ0n) is 18.6. The van der Waals surface area contributed by atoms with E-state index in [1.807, 2.05) is 0 Å². The van der Waals surface area contributed by atoms with Crippen LogP contribution in [0.3, 0.4) is 0 Å². The molecule has 35 heavy (non-hydrogen) atoms. The van der Waals surface area contributed by atoms with E-state index in [2.05, 4.69) is 23.8 Å². The summed E-state index contributed by atoms with van der Waals surface area (Å²) in [6.45, 7) is 6.99. The molecule has 2 rings (SSSR count). The topological polar surface area (TPSA) is 117 Å². The first-order valence-corrected chi connectivity index (χ1v) is 11.1. The number of carbonyl (C=O) groups is 2. The van der Waals surface area contributed by atoms with E-state index in [9.17, 15) is 24.2 Å². The highest BCUT2D eigenvalue weighted by molar-refractivity contribution is 6.30. The molecule has 0 radical (unpaired) electrons. The SMILES string of the molecule is C=C(C[C@H](O)C(=C)NC(=O)COc1ccc(Cl)c(F)c1)NC(CCOc1ccc(Cl)cc1)C(=O)O. The Bertz CT molecular complexity index is 1060. The van der Waals surface area contributed by atoms with Gasteiger partial charge < -0.3 is 30.3 Å². The minimum atomic E-state index is -1.24. The number of aliphatic hydroxyl groups is 1. The molecule has 4 N–H and O–H groups in total. The second-order valence-corrected chi connectivity index (χ2v) is 8.23. The van der Waals surface area contributed by atoms with Gasteiger partial charge in [-0.2, -0.15) is 0 Å². The lowest BCUT2D eigenvalue weighted by atomic mass is 10.1. The van der Waals surface area contributed by atoms with Gasteiger partial charge in [0.1, 0.15) is 23.4 Å². The monoisotopic (exact) mass is 526 g/mol. The Kier molecular flexibility index (Phi) is 10.8. The first kappa shape index (κ1) is 28.0. The Morgan fingerprint density at radius 1 is 1.06 bits per heavy atom. The van der Waals surface area contributed by atoms with Crippen molar-refractivity contribution in [3.05, 3.63) is 82.9 Å². The zero-order chi connectivity index (χ0) is 26.0. The molecule has 0 aromatic heterocycles. The fraction of sp³-hybridized carbons (Fsp3) is 0.250. The van der Waals surface area contributed by atoms with Crippen molar-refractivity contribution in [3.8, 4) is 11.5 Å². The van der Waals surface area contributed by atoms with Gasteiger partial charge in [0.05, 0.1) is 17.7 Å². The van der Waals surface area contributed by atoms with Crippen molar-refractivity contribution in [2.45, 2.75) is 25.0 Å². The van der Waals surface area contributed by atoms with Crippen LogP contribution in [-0.2, 0) is 9.59 Å². The molecule has 8 nitrogen and oxygen atoms in total. The number of carboxylic acid groups (broad SMARTS) is 1. The Labute approximate surface area is 211 Å². The molecule has 0 aliphatic heterocycles. The molecule has 0 saturated carbocycles. The quantitative estimate of drug-likeness (QED) is 0.294. The largest absolute Gasteiger partial charge is 0.493 e. The number of carboxylic acids is 1. The van der Waals surface area contributed by atoms with Crippen LogP contribution < -0.4 is 20.1 Å². The summed E-state index contributed by atoms with van der Waals surface area (Å²) in [7, 11) is 0. The van der Waals surface area contributed by atoms with Crippen molar-refractivity contribution < 1.29 is 33.7 Å². The van der Waals surface area contributed by atoms with Gasteiger partial charge in [-0.15, -0.1) is 0 Å². The molecule has 0 saturated heterocycles. The van der Waals surface area contributed by atoms with Gasteiger partial charge in [-0.05, 0) is 36.4 Å². The first-order chi connectivity index (χ1) is 16.5. The predicted octanol–water partition coefficient (Wildman–Crippen LogP) is 3.92. The third-order valence-electron chi connectivity index (χ3n) is 4.57. The molecule has 0 spiro atoms. The lowest BCUT2D eigenvalue weighted by Gasteiger charge is -2.21. The van der Waals surface area contributed by atoms with Crippen LogP contribution in [0.1, 0.15) is 12.8 Å². The van der Waals surface area contributed by atoms with E-state index >= 15 is 0 Å². The summed E-state index contributed by atoms with van der Waals surface area (Å²) in [5.41, 5.74) is 0.182. The number of hydrogen-bond donors (Lipinski definition) is 4. The molecule has 2 aromatic rings. The molecule has 0 bridgehead atoms. The Morgan fingerprint density at radius 2 is 1.71 bits per heavy atom. The van der Waals surface area contributed by atoms with Gasteiger partial charge in [0.2, 0.25) is 0 Å². The Morgan fingerprint density at radius 3 is 2.34 bits per heavy atom. The molecule has 0 fully saturated rings. The molecule has 188 valence electrons. The molecule has 0 heterocycles. The second kappa shape index (κ2) is 13.6. The summed E-state index contributed by atoms with van der Waals surface area (Å²) >= 11 is 11.4. The van der Waals surface area contributed by atoms with Crippen LogP contribution in [0.4, 0.5) is 4.39 Å². The lowest BCUT2D eigenvalue weighted by molar-refractivity contribution is -0.139. The first-order valence-electron chi connectivity index (χ1n) is 10.3. The van der Waals surface area contributed by atoms with Crippen molar-refractivity contribution in [2.75, 3.05) is 13.2 Å². The van der Waals surface area contributed by atoms with Crippen molar-refractivity contribution >= 4 is 35.1 Å². The highest BCUT2D eigenvalue weighted by Crippen LogP contribution is 2.20. The molecule has 2 aromatic carbocycles. The van der Waals surface area contributed by atoms with E-state index in [1.54, 1.807) is 24.3 Å². The van der Waals surface area contributed by atoms with E-state index in [4.69, 9.17) is 32.7 Å². The molecular weight excluding hydrogens is 502 g/mol. The van der Waals surface area contributed by atoms with Crippen molar-refractivity contribution in [2.24, 2.45) is 0 Å². The summed E-state index contributed by atoms with van der Waals surface area (Å²) in [6.07, 6.45) is -1.23. The van der Waals surface area contributed by atoms with Gasteiger partial charge >= 0.3 is 5.97 Å². The summed E-state index contributed by atoms with van der Waals surface area (Å²) in [4.78, 5) is 23.6. The van der Waals surface area contributed by atoms with E-state index in [1.165, 1.54) is 12.1 Å². The average Bonchev–Trinajstić information content (AvgIpc) is 2.80. The molecule has 0 aliphatic carbocycles. The summed E-state index contributed by atoms with van der Waals surface area (Å²) < 4.78 is 24.1. The maximum absolute atomic E-state index is 13.4. The van der Waals surface area contributed by atoms with Crippen molar-refractivity contribution in [1.82, 2.24) is 10.6 Å². The van der Waals surface area contributed by atoms with E-state index in [0.717, 1.165) is 6.07 Å². The van der Waals surface area contributed by atoms with Gasteiger partial charge in [-0.1, -0.05) is 36.4 Å². The van der Waals surface area contributed by atoms with Gasteiger partial charge in [-0.25, -0.2) is 9.18 Å². The van der Waals surface area contributed by atoms with Crippen LogP contribution in [-0.4, -0.2) is 47.4 Å². The molecule has 1 unspecified atom stereocenters. The fourth-order valence-electron chi connectivity index (χ4n) is 2.76. The van der Waals surface area contributed by atoms with E-state index in [0.29, 0.717) is 10.8 Å². The second-order valence-electron chi connectivity index (χ2n) is 7.39. The van der Waals surface area contributed by atoms with Crippen LogP contribution in [0.5, 0.6) is 11.5 Å². The van der Waals surface area contributed by atoms with Crippen molar-refractivity contribution in [1.29, 1.82) is 0 Å². The number of benzene rings is 2. The smallest absolute Gasteiger partial charge is 0.326 e. The van der Waals surface area contributed by atoms with Crippen LogP contribution in [0.2, 0.25) is 10.0 Å². The number of halogens is 3. The maximum atomic E-state index is 13.4. The van der Waals surface area contributed by atoms with Crippen LogP contribution in [0.25, 0.3) is 0 Å². The minimum absolute atomic E-state index is 0.0400. The standard InChI is InChI=1S/C24H25Cl2FN2O6/c1-14(28-21(24(32)33)9-10-34-17-5-3-16(25)4-6-17)11-22(30)15(2)29-23(31)13-35-18-7-8-19(26)20(27)12-18/h3-8,12,21-22,28,30H,1-2,9-11,13H2,(H,29,31)(H,32,33)/t21?,22-/m0/s1. The summed E-state index contributed by atoms with van der Waals surface area (Å²) in [5, 5.41) is 25.3. The van der Waals surface area contributed by atoms with Crippen LogP contribution in [0, 0.1) is 5.82 Å². The molecule has 2 atom stereocenters. The zero-order valence-corrected chi connectivity index (χ0v) is 20.1. The number of ether oxygens (including phenoxy) is 2. The lowest BCUT2D eigenvalue weighted by Crippen LogP contribution is -2.39. The van der Waals surface area contributed by atoms with E-state index in [-0.39, 0.29) is 41.6 Å². The Balaban J connectivity index is 1.75. The highest BCUT2D eigenvalue weighted by atomic mass is 35.5. The molecule has 1 amide bonds. The highest BCUT2D eigenvalue weighted by Gasteiger charge is 2.20. The number of hydrogen-bond acceptors (Lipinski definition) is 6. The third kappa shape index (κ3) is 9.86. The van der Waals surface area contributed by atoms with Gasteiger partial charge in [-0.3, -0.25) is 4.79 Å². The number of aliphatic carboxylic acids is 1. The number of amides is 1. The van der Waals surface area contributed by atoms with Crippen molar-refractivity contribution in [3.63, 3.8) is 0 Å². The number of rotatable bonds is 14. The fourth-order valence-corrected chi connectivity index (χ4v) is 3.00. The van der Waals surface area contributed by atoms with Gasteiger partial charge in [0.15, 0.2) is 6.61 Å². The minimum Gasteiger partial charge on any atom is -0.493 e. The number of nitrogens with one attached hydrogen (secondary N) is 2. The normalized spacial score (nSPS) is 12.2. The summed E-state index contributed by atoms with van der Waals surface area (Å²) in [6, 6.07) is 9.35. The van der Waals surface area contributed by atoms with Gasteiger partial charge in [0, 0.05) is 35.3 Å². The Hall–Kier alpha value is -3.27. The van der Waals surface area contributed by atoms with E-state index < -0.39 is 36.4 Å². The third-order valence-corrected chi connectivity index (χ3v) is 5.13. The number of carbonyl (C=O) groups excluding carboxylic acids is 1. The average molecular weight is 527 g/mol.